The number of hydrogen-bond acceptors (Lipinski definition) is 4. The molecule has 1 saturated heterocycles. The first-order valence-corrected chi connectivity index (χ1v) is 10.5. The van der Waals surface area contributed by atoms with Crippen molar-refractivity contribution in [3.05, 3.63) is 78.1 Å². The predicted molar refractivity (Wildman–Crippen MR) is 120 cm³/mol. The molecule has 7 nitrogen and oxygen atoms in total. The molecular formula is C25H26N4O3. The lowest BCUT2D eigenvalue weighted by Crippen LogP contribution is -2.41. The summed E-state index contributed by atoms with van der Waals surface area (Å²) < 4.78 is 1.68. The van der Waals surface area contributed by atoms with Gasteiger partial charge in [-0.1, -0.05) is 54.6 Å². The summed E-state index contributed by atoms with van der Waals surface area (Å²) in [6.07, 6.45) is 3.47. The van der Waals surface area contributed by atoms with Crippen LogP contribution < -0.4 is 0 Å². The highest BCUT2D eigenvalue weighted by molar-refractivity contribution is 6.10. The summed E-state index contributed by atoms with van der Waals surface area (Å²) >= 11 is 0. The van der Waals surface area contributed by atoms with Crippen LogP contribution in [0.15, 0.2) is 67.0 Å². The number of rotatable bonds is 6. The van der Waals surface area contributed by atoms with Gasteiger partial charge in [0, 0.05) is 52.3 Å². The molecule has 3 amide bonds. The summed E-state index contributed by atoms with van der Waals surface area (Å²) in [5.41, 5.74) is 2.46. The highest BCUT2D eigenvalue weighted by Gasteiger charge is 2.52. The molecule has 1 aliphatic heterocycles. The molecular weight excluding hydrogens is 404 g/mol. The monoisotopic (exact) mass is 430 g/mol. The van der Waals surface area contributed by atoms with Crippen LogP contribution in [0.1, 0.15) is 24.0 Å². The number of likely N-dealkylation sites (N-methyl/N-ethyl adjacent to an activating group) is 1. The topological polar surface area (TPSA) is 75.5 Å². The fourth-order valence-corrected chi connectivity index (χ4v) is 4.27. The summed E-state index contributed by atoms with van der Waals surface area (Å²) in [6, 6.07) is 17.5. The second-order valence-corrected chi connectivity index (χ2v) is 8.41. The van der Waals surface area contributed by atoms with Crippen LogP contribution in [0.2, 0.25) is 0 Å². The summed E-state index contributed by atoms with van der Waals surface area (Å²) in [5, 5.41) is 4.13. The van der Waals surface area contributed by atoms with Gasteiger partial charge in [-0.05, 0) is 16.7 Å². The Labute approximate surface area is 187 Å². The smallest absolute Gasteiger partial charge is 0.240 e. The van der Waals surface area contributed by atoms with Crippen molar-refractivity contribution in [3.63, 3.8) is 0 Å². The van der Waals surface area contributed by atoms with Crippen LogP contribution in [0, 0.1) is 0 Å². The predicted octanol–water partition coefficient (Wildman–Crippen LogP) is 2.76. The van der Waals surface area contributed by atoms with Gasteiger partial charge in [0.1, 0.15) is 0 Å². The Morgan fingerprint density at radius 2 is 1.69 bits per heavy atom. The molecule has 1 atom stereocenters. The van der Waals surface area contributed by atoms with Gasteiger partial charge in [0.05, 0.1) is 11.6 Å². The molecule has 0 unspecified atom stereocenters. The van der Waals surface area contributed by atoms with E-state index in [1.165, 1.54) is 7.05 Å². The number of amides is 3. The Hall–Kier alpha value is -3.74. The van der Waals surface area contributed by atoms with Gasteiger partial charge in [-0.2, -0.15) is 5.10 Å². The molecule has 2 heterocycles. The third kappa shape index (κ3) is 3.93. The van der Waals surface area contributed by atoms with Gasteiger partial charge in [0.25, 0.3) is 0 Å². The van der Waals surface area contributed by atoms with Crippen molar-refractivity contribution in [3.8, 4) is 11.1 Å². The number of aryl methyl sites for hydroxylation is 1. The van der Waals surface area contributed by atoms with Gasteiger partial charge >= 0.3 is 0 Å². The molecule has 0 saturated carbocycles. The molecule has 32 heavy (non-hydrogen) atoms. The number of benzene rings is 2. The van der Waals surface area contributed by atoms with E-state index in [2.05, 4.69) is 5.10 Å². The first kappa shape index (κ1) is 21.5. The molecule has 1 aliphatic rings. The molecule has 0 radical (unpaired) electrons. The third-order valence-corrected chi connectivity index (χ3v) is 6.14. The number of aromatic nitrogens is 2. The van der Waals surface area contributed by atoms with Gasteiger partial charge in [0.2, 0.25) is 17.7 Å². The molecule has 1 aromatic heterocycles. The normalized spacial score (nSPS) is 18.3. The third-order valence-electron chi connectivity index (χ3n) is 6.14. The lowest BCUT2D eigenvalue weighted by molar-refractivity contribution is -0.141. The van der Waals surface area contributed by atoms with Crippen LogP contribution in [0.3, 0.4) is 0 Å². The Kier molecular flexibility index (Phi) is 5.65. The Bertz CT molecular complexity index is 1150. The van der Waals surface area contributed by atoms with Gasteiger partial charge in [0.15, 0.2) is 0 Å². The molecule has 0 aliphatic carbocycles. The average molecular weight is 431 g/mol. The number of likely N-dealkylation sites (tertiary alicyclic amines) is 1. The van der Waals surface area contributed by atoms with Crippen LogP contribution in [0.25, 0.3) is 11.1 Å². The quantitative estimate of drug-likeness (QED) is 0.564. The first-order valence-electron chi connectivity index (χ1n) is 10.5. The number of nitrogens with zero attached hydrogens (tertiary/aromatic N) is 4. The lowest BCUT2D eigenvalue weighted by Gasteiger charge is -2.29. The van der Waals surface area contributed by atoms with Gasteiger partial charge in [-0.15, -0.1) is 0 Å². The van der Waals surface area contributed by atoms with Crippen molar-refractivity contribution in [1.82, 2.24) is 19.6 Å². The molecule has 1 fully saturated rings. The average Bonchev–Trinajstić information content (AvgIpc) is 3.30. The zero-order valence-electron chi connectivity index (χ0n) is 18.5. The van der Waals surface area contributed by atoms with Crippen LogP contribution in [0.4, 0.5) is 0 Å². The number of carbonyl (C=O) groups excluding carboxylic acids is 3. The Morgan fingerprint density at radius 3 is 2.25 bits per heavy atom. The molecule has 0 N–H and O–H groups in total. The molecule has 0 spiro atoms. The van der Waals surface area contributed by atoms with E-state index in [1.807, 2.05) is 67.8 Å². The second kappa shape index (κ2) is 8.42. The molecule has 4 rings (SSSR count). The zero-order valence-corrected chi connectivity index (χ0v) is 18.5. The number of imide groups is 1. The van der Waals surface area contributed by atoms with Gasteiger partial charge in [-0.3, -0.25) is 24.0 Å². The standard InChI is InChI=1S/C25H26N4O3/c1-27(16-18-15-26-28(2)17-18)22(30)13-25(14-23(31)29(3)24(25)32)21-11-9-20(10-12-21)19-7-5-4-6-8-19/h4-12,15,17H,13-14,16H2,1-3H3/t25-/m1/s1. The molecule has 164 valence electrons. The minimum atomic E-state index is -1.19. The van der Waals surface area contributed by atoms with E-state index >= 15 is 0 Å². The van der Waals surface area contributed by atoms with E-state index in [-0.39, 0.29) is 30.6 Å². The van der Waals surface area contributed by atoms with Crippen LogP contribution in [-0.4, -0.2) is 51.4 Å². The summed E-state index contributed by atoms with van der Waals surface area (Å²) in [5.74, 6) is -0.805. The highest BCUT2D eigenvalue weighted by atomic mass is 16.2. The molecule has 7 heteroatoms. The van der Waals surface area contributed by atoms with Crippen LogP contribution in [0.5, 0.6) is 0 Å². The summed E-state index contributed by atoms with van der Waals surface area (Å²) in [6.45, 7) is 0.383. The maximum absolute atomic E-state index is 13.2. The van der Waals surface area contributed by atoms with Crippen molar-refractivity contribution < 1.29 is 14.4 Å². The lowest BCUT2D eigenvalue weighted by atomic mass is 9.75. The number of carbonyl (C=O) groups is 3. The van der Waals surface area contributed by atoms with Crippen molar-refractivity contribution in [2.45, 2.75) is 24.8 Å². The first-order chi connectivity index (χ1) is 15.3. The van der Waals surface area contributed by atoms with Crippen LogP contribution >= 0.6 is 0 Å². The van der Waals surface area contributed by atoms with Crippen molar-refractivity contribution in [1.29, 1.82) is 0 Å². The van der Waals surface area contributed by atoms with Crippen LogP contribution in [-0.2, 0) is 33.4 Å². The van der Waals surface area contributed by atoms with Gasteiger partial charge < -0.3 is 4.90 Å². The van der Waals surface area contributed by atoms with Gasteiger partial charge in [-0.25, -0.2) is 0 Å². The van der Waals surface area contributed by atoms with Crippen molar-refractivity contribution >= 4 is 17.7 Å². The molecule has 2 aromatic carbocycles. The molecule has 0 bridgehead atoms. The SMILES string of the molecule is CN(Cc1cnn(C)c1)C(=O)C[C@]1(c2ccc(-c3ccccc3)cc2)CC(=O)N(C)C1=O. The van der Waals surface area contributed by atoms with E-state index in [0.717, 1.165) is 21.6 Å². The fraction of sp³-hybridized carbons (Fsp3) is 0.280. The molecule has 3 aromatic rings. The maximum Gasteiger partial charge on any atom is 0.240 e. The Balaban J connectivity index is 1.62. The van der Waals surface area contributed by atoms with E-state index in [4.69, 9.17) is 0 Å². The Morgan fingerprint density at radius 1 is 1.03 bits per heavy atom. The van der Waals surface area contributed by atoms with E-state index in [1.54, 1.807) is 22.8 Å². The maximum atomic E-state index is 13.2. The minimum Gasteiger partial charge on any atom is -0.341 e. The van der Waals surface area contributed by atoms with Crippen molar-refractivity contribution in [2.75, 3.05) is 14.1 Å². The number of hydrogen-bond donors (Lipinski definition) is 0. The van der Waals surface area contributed by atoms with Crippen molar-refractivity contribution in [2.24, 2.45) is 7.05 Å². The summed E-state index contributed by atoms with van der Waals surface area (Å²) in [4.78, 5) is 41.6. The van der Waals surface area contributed by atoms with E-state index in [0.29, 0.717) is 12.1 Å². The largest absolute Gasteiger partial charge is 0.341 e. The minimum absolute atomic E-state index is 0.0144. The second-order valence-electron chi connectivity index (χ2n) is 8.41. The highest BCUT2D eigenvalue weighted by Crippen LogP contribution is 2.40. The van der Waals surface area contributed by atoms with E-state index in [9.17, 15) is 14.4 Å². The van der Waals surface area contributed by atoms with E-state index < -0.39 is 5.41 Å². The zero-order chi connectivity index (χ0) is 22.9. The summed E-state index contributed by atoms with van der Waals surface area (Å²) in [7, 11) is 5.00. The fourth-order valence-electron chi connectivity index (χ4n) is 4.27.